The van der Waals surface area contributed by atoms with E-state index in [0.717, 1.165) is 30.2 Å². The standard InChI is InChI=1S/C22H16ClFN8O10S2/c1-10-6-11(2-4-18(10)43-42-41-37)26-21-28-20(23)29-22(30-21)27-15-7-12(3-5-19(15)44(38,39)40)25-14-8-13(24)16(31(33)34)9-17(14)32(35)36/h2-9,25,37H,1H3,(H,38,39,40)(H2,26,27,28,29,30). The van der Waals surface area contributed by atoms with Crippen LogP contribution in [0.4, 0.5) is 50.4 Å². The third-order valence-electron chi connectivity index (χ3n) is 5.43. The van der Waals surface area contributed by atoms with Crippen LogP contribution in [0, 0.1) is 33.0 Å². The van der Waals surface area contributed by atoms with Crippen molar-refractivity contribution in [2.24, 2.45) is 0 Å². The number of aryl methyl sites for hydroxylation is 1. The summed E-state index contributed by atoms with van der Waals surface area (Å²) in [6.07, 6.45) is 0. The minimum Gasteiger partial charge on any atom is -0.350 e. The molecule has 22 heteroatoms. The molecule has 0 aliphatic heterocycles. The lowest BCUT2D eigenvalue weighted by atomic mass is 10.2. The first-order valence-electron chi connectivity index (χ1n) is 11.5. The Balaban J connectivity index is 1.67. The average molecular weight is 671 g/mol. The Kier molecular flexibility index (Phi) is 9.68. The minimum absolute atomic E-state index is 0.0706. The highest BCUT2D eigenvalue weighted by atomic mass is 35.5. The van der Waals surface area contributed by atoms with Crippen molar-refractivity contribution in [3.05, 3.63) is 85.4 Å². The van der Waals surface area contributed by atoms with E-state index in [1.165, 1.54) is 0 Å². The number of nitro benzene ring substituents is 2. The maximum atomic E-state index is 14.3. The fourth-order valence-electron chi connectivity index (χ4n) is 3.61. The van der Waals surface area contributed by atoms with Gasteiger partial charge in [-0.3, -0.25) is 24.8 Å². The molecule has 0 fully saturated rings. The molecule has 0 atom stereocenters. The maximum Gasteiger partial charge on any atom is 0.311 e. The predicted molar refractivity (Wildman–Crippen MR) is 152 cm³/mol. The molecule has 1 heterocycles. The van der Waals surface area contributed by atoms with E-state index in [4.69, 9.17) is 16.9 Å². The largest absolute Gasteiger partial charge is 0.350 e. The second-order valence-corrected chi connectivity index (χ2v) is 10.8. The van der Waals surface area contributed by atoms with Gasteiger partial charge in [0.2, 0.25) is 23.0 Å². The summed E-state index contributed by atoms with van der Waals surface area (Å²) in [5.41, 5.74) is -1.70. The smallest absolute Gasteiger partial charge is 0.311 e. The summed E-state index contributed by atoms with van der Waals surface area (Å²) < 4.78 is 52.6. The number of aromatic nitrogens is 3. The molecule has 4 rings (SSSR count). The molecule has 0 unspecified atom stereocenters. The molecule has 0 saturated heterocycles. The van der Waals surface area contributed by atoms with E-state index in [1.807, 2.05) is 0 Å². The molecule has 4 aromatic rings. The first-order valence-corrected chi connectivity index (χ1v) is 14.0. The van der Waals surface area contributed by atoms with Gasteiger partial charge in [-0.15, -0.1) is 4.33 Å². The van der Waals surface area contributed by atoms with Crippen LogP contribution in [-0.4, -0.2) is 43.0 Å². The van der Waals surface area contributed by atoms with E-state index < -0.39 is 47.7 Å². The summed E-state index contributed by atoms with van der Waals surface area (Å²) in [5, 5.41) is 42.0. The van der Waals surface area contributed by atoms with Gasteiger partial charge in [-0.2, -0.15) is 27.8 Å². The number of halogens is 2. The third-order valence-corrected chi connectivity index (χ3v) is 7.28. The number of nitrogens with one attached hydrogen (secondary N) is 3. The molecule has 0 spiro atoms. The van der Waals surface area contributed by atoms with Gasteiger partial charge in [-0.25, -0.2) is 5.26 Å². The van der Waals surface area contributed by atoms with E-state index in [0.29, 0.717) is 28.3 Å². The number of anilines is 6. The SMILES string of the molecule is Cc1cc(Nc2nc(Cl)nc(Nc3cc(Nc4cc(F)c([N+](=O)[O-])cc4[N+](=O)[O-])ccc3S(=O)(=O)O)n2)ccc1SOOO. The van der Waals surface area contributed by atoms with Crippen molar-refractivity contribution >= 4 is 79.8 Å². The van der Waals surface area contributed by atoms with Gasteiger partial charge in [0.25, 0.3) is 15.8 Å². The molecule has 0 amide bonds. The molecular weight excluding hydrogens is 655 g/mol. The second kappa shape index (κ2) is 13.3. The van der Waals surface area contributed by atoms with Gasteiger partial charge >= 0.3 is 5.69 Å². The van der Waals surface area contributed by atoms with Gasteiger partial charge in [0, 0.05) is 22.3 Å². The van der Waals surface area contributed by atoms with Crippen molar-refractivity contribution in [1.82, 2.24) is 15.0 Å². The Morgan fingerprint density at radius 2 is 1.55 bits per heavy atom. The van der Waals surface area contributed by atoms with E-state index >= 15 is 0 Å². The van der Waals surface area contributed by atoms with Crippen molar-refractivity contribution in [1.29, 1.82) is 0 Å². The summed E-state index contributed by atoms with van der Waals surface area (Å²) in [6, 6.07) is 8.93. The van der Waals surface area contributed by atoms with Crippen LogP contribution in [0.2, 0.25) is 5.28 Å². The average Bonchev–Trinajstić information content (AvgIpc) is 2.91. The number of hydrogen-bond acceptors (Lipinski definition) is 16. The van der Waals surface area contributed by atoms with Gasteiger partial charge in [0.1, 0.15) is 10.6 Å². The van der Waals surface area contributed by atoms with Crippen molar-refractivity contribution < 1.29 is 41.8 Å². The third kappa shape index (κ3) is 7.78. The lowest BCUT2D eigenvalue weighted by Crippen LogP contribution is -2.08. The normalized spacial score (nSPS) is 11.2. The van der Waals surface area contributed by atoms with Crippen LogP contribution in [-0.2, 0) is 19.5 Å². The van der Waals surface area contributed by atoms with E-state index in [1.54, 1.807) is 25.1 Å². The van der Waals surface area contributed by atoms with Crippen molar-refractivity contribution in [2.75, 3.05) is 16.0 Å². The van der Waals surface area contributed by atoms with Gasteiger partial charge < -0.3 is 16.0 Å². The number of nitrogens with zero attached hydrogens (tertiary/aromatic N) is 5. The van der Waals surface area contributed by atoms with Crippen molar-refractivity contribution in [2.45, 2.75) is 16.7 Å². The number of nitro groups is 2. The van der Waals surface area contributed by atoms with Crippen molar-refractivity contribution in [3.63, 3.8) is 0 Å². The molecular formula is C22H16ClFN8O10S2. The number of hydrogen-bond donors (Lipinski definition) is 5. The number of benzene rings is 3. The monoisotopic (exact) mass is 670 g/mol. The summed E-state index contributed by atoms with van der Waals surface area (Å²) >= 11 is 6.79. The maximum absolute atomic E-state index is 14.3. The Hall–Kier alpha value is -4.77. The minimum atomic E-state index is -4.86. The first kappa shape index (κ1) is 32.2. The molecule has 0 radical (unpaired) electrons. The zero-order chi connectivity index (χ0) is 32.2. The molecule has 0 saturated carbocycles. The van der Waals surface area contributed by atoms with Gasteiger partial charge in [-0.1, -0.05) is 5.04 Å². The van der Waals surface area contributed by atoms with Crippen LogP contribution in [0.3, 0.4) is 0 Å². The van der Waals surface area contributed by atoms with Crippen LogP contribution in [0.15, 0.2) is 58.3 Å². The quantitative estimate of drug-likeness (QED) is 0.0398. The molecule has 44 heavy (non-hydrogen) atoms. The second-order valence-electron chi connectivity index (χ2n) is 8.35. The molecule has 3 aromatic carbocycles. The summed E-state index contributed by atoms with van der Waals surface area (Å²) in [5.74, 6) is -1.77. The predicted octanol–water partition coefficient (Wildman–Crippen LogP) is 5.69. The fourth-order valence-corrected chi connectivity index (χ4v) is 4.82. The summed E-state index contributed by atoms with van der Waals surface area (Å²) in [4.78, 5) is 32.3. The summed E-state index contributed by atoms with van der Waals surface area (Å²) in [6.45, 7) is 1.74. The Bertz CT molecular complexity index is 1890. The van der Waals surface area contributed by atoms with E-state index in [2.05, 4.69) is 40.3 Å². The number of rotatable bonds is 12. The molecule has 0 aliphatic carbocycles. The highest BCUT2D eigenvalue weighted by Gasteiger charge is 2.26. The lowest BCUT2D eigenvalue weighted by molar-refractivity contribution is -0.432. The van der Waals surface area contributed by atoms with Crippen LogP contribution in [0.5, 0.6) is 0 Å². The topological polar surface area (TPSA) is 254 Å². The van der Waals surface area contributed by atoms with E-state index in [9.17, 15) is 37.6 Å². The molecule has 230 valence electrons. The van der Waals surface area contributed by atoms with Gasteiger partial charge in [0.05, 0.1) is 33.6 Å². The van der Waals surface area contributed by atoms with Gasteiger partial charge in [0.15, 0.2) is 0 Å². The molecule has 1 aromatic heterocycles. The van der Waals surface area contributed by atoms with Crippen LogP contribution in [0.25, 0.3) is 0 Å². The van der Waals surface area contributed by atoms with Gasteiger partial charge in [-0.05, 0) is 60.5 Å². The molecule has 0 bridgehead atoms. The van der Waals surface area contributed by atoms with Crippen LogP contribution < -0.4 is 16.0 Å². The molecule has 0 aliphatic rings. The first-order chi connectivity index (χ1) is 20.7. The van der Waals surface area contributed by atoms with E-state index in [-0.39, 0.29) is 28.6 Å². The lowest BCUT2D eigenvalue weighted by Gasteiger charge is -2.14. The van der Waals surface area contributed by atoms with Crippen LogP contribution in [0.1, 0.15) is 5.56 Å². The zero-order valence-corrected chi connectivity index (χ0v) is 24.0. The Labute approximate surface area is 254 Å². The van der Waals surface area contributed by atoms with Crippen molar-refractivity contribution in [3.8, 4) is 0 Å². The molecule has 18 nitrogen and oxygen atoms in total. The Morgan fingerprint density at radius 1 is 0.909 bits per heavy atom. The summed E-state index contributed by atoms with van der Waals surface area (Å²) in [7, 11) is -4.86. The highest BCUT2D eigenvalue weighted by Crippen LogP contribution is 2.36. The van der Waals surface area contributed by atoms with Crippen LogP contribution >= 0.6 is 23.6 Å². The highest BCUT2D eigenvalue weighted by molar-refractivity contribution is 7.94. The Morgan fingerprint density at radius 3 is 2.16 bits per heavy atom. The molecule has 5 N–H and O–H groups in total. The fraction of sp³-hybridized carbons (Fsp3) is 0.0455. The zero-order valence-electron chi connectivity index (χ0n) is 21.6.